The Labute approximate surface area is 109 Å². The number of benzene rings is 1. The van der Waals surface area contributed by atoms with E-state index in [-0.39, 0.29) is 15.6 Å². The molecule has 1 amide bonds. The predicted octanol–water partition coefficient (Wildman–Crippen LogP) is 2.20. The van der Waals surface area contributed by atoms with E-state index in [4.69, 9.17) is 0 Å². The quantitative estimate of drug-likeness (QED) is 0.865. The molecule has 1 N–H and O–H groups in total. The van der Waals surface area contributed by atoms with E-state index in [0.29, 0.717) is 12.1 Å². The highest BCUT2D eigenvalue weighted by atomic mass is 79.9. The molecule has 0 aliphatic carbocycles. The molecule has 17 heavy (non-hydrogen) atoms. The van der Waals surface area contributed by atoms with Crippen molar-refractivity contribution in [3.8, 4) is 0 Å². The van der Waals surface area contributed by atoms with Crippen LogP contribution in [-0.4, -0.2) is 25.4 Å². The summed E-state index contributed by atoms with van der Waals surface area (Å²) in [5.41, 5.74) is 0.584. The fraction of sp³-hybridized carbons (Fsp3) is 0.364. The van der Waals surface area contributed by atoms with Gasteiger partial charge in [0.1, 0.15) is 0 Å². The molecule has 0 spiro atoms. The van der Waals surface area contributed by atoms with Crippen LogP contribution in [0, 0.1) is 0 Å². The highest BCUT2D eigenvalue weighted by Crippen LogP contribution is 2.15. The molecule has 1 atom stereocenters. The Morgan fingerprint density at radius 2 is 1.88 bits per heavy atom. The van der Waals surface area contributed by atoms with Crippen molar-refractivity contribution in [2.45, 2.75) is 23.1 Å². The first kappa shape index (κ1) is 14.2. The molecule has 0 radical (unpaired) electrons. The summed E-state index contributed by atoms with van der Waals surface area (Å²) in [4.78, 5) is 11.5. The normalized spacial score (nSPS) is 13.1. The first-order valence-electron chi connectivity index (χ1n) is 5.09. The van der Waals surface area contributed by atoms with Crippen LogP contribution in [0.15, 0.2) is 29.2 Å². The zero-order valence-electron chi connectivity index (χ0n) is 9.60. The zero-order valence-corrected chi connectivity index (χ0v) is 12.0. The zero-order chi connectivity index (χ0) is 13.1. The average Bonchev–Trinajstić information content (AvgIpc) is 2.27. The molecule has 0 bridgehead atoms. The summed E-state index contributed by atoms with van der Waals surface area (Å²) in [5, 5.41) is 2.69. The molecule has 0 aromatic heterocycles. The van der Waals surface area contributed by atoms with Crippen molar-refractivity contribution in [3.05, 3.63) is 24.3 Å². The van der Waals surface area contributed by atoms with Crippen molar-refractivity contribution in [1.82, 2.24) is 0 Å². The maximum Gasteiger partial charge on any atom is 0.238 e. The Balaban J connectivity index is 2.79. The van der Waals surface area contributed by atoms with Gasteiger partial charge in [-0.15, -0.1) is 0 Å². The van der Waals surface area contributed by atoms with Crippen LogP contribution < -0.4 is 5.32 Å². The van der Waals surface area contributed by atoms with E-state index in [1.807, 2.05) is 6.92 Å². The first-order chi connectivity index (χ1) is 7.84. The van der Waals surface area contributed by atoms with Crippen molar-refractivity contribution < 1.29 is 13.2 Å². The lowest BCUT2D eigenvalue weighted by Gasteiger charge is -2.09. The molecule has 1 rings (SSSR count). The summed E-state index contributed by atoms with van der Waals surface area (Å²) in [5.74, 6) is -0.139. The topological polar surface area (TPSA) is 63.2 Å². The van der Waals surface area contributed by atoms with Gasteiger partial charge in [0.05, 0.1) is 9.72 Å². The standard InChI is InChI=1S/C11H14BrNO3S/c1-3-10(12)11(14)13-8-4-6-9(7-5-8)17(2,15)16/h4-7,10H,3H2,1-2H3,(H,13,14). The molecule has 1 aromatic rings. The third kappa shape index (κ3) is 4.12. The highest BCUT2D eigenvalue weighted by molar-refractivity contribution is 9.10. The van der Waals surface area contributed by atoms with E-state index in [9.17, 15) is 13.2 Å². The van der Waals surface area contributed by atoms with Gasteiger partial charge in [0.2, 0.25) is 5.91 Å². The van der Waals surface area contributed by atoms with Crippen LogP contribution >= 0.6 is 15.9 Å². The van der Waals surface area contributed by atoms with E-state index < -0.39 is 9.84 Å². The number of rotatable bonds is 4. The van der Waals surface area contributed by atoms with Crippen LogP contribution in [0.1, 0.15) is 13.3 Å². The SMILES string of the molecule is CCC(Br)C(=O)Nc1ccc(S(C)(=O)=O)cc1. The molecule has 4 nitrogen and oxygen atoms in total. The Morgan fingerprint density at radius 1 is 1.35 bits per heavy atom. The van der Waals surface area contributed by atoms with Gasteiger partial charge in [-0.25, -0.2) is 8.42 Å². The maximum absolute atomic E-state index is 11.5. The number of anilines is 1. The molecule has 0 saturated heterocycles. The number of sulfone groups is 1. The van der Waals surface area contributed by atoms with Crippen molar-refractivity contribution in [3.63, 3.8) is 0 Å². The minimum atomic E-state index is -3.19. The lowest BCUT2D eigenvalue weighted by molar-refractivity contribution is -0.115. The predicted molar refractivity (Wildman–Crippen MR) is 71.2 cm³/mol. The number of alkyl halides is 1. The van der Waals surface area contributed by atoms with E-state index in [0.717, 1.165) is 6.26 Å². The first-order valence-corrected chi connectivity index (χ1v) is 7.90. The molecule has 1 aromatic carbocycles. The number of halogens is 1. The van der Waals surface area contributed by atoms with Crippen LogP contribution in [-0.2, 0) is 14.6 Å². The van der Waals surface area contributed by atoms with E-state index >= 15 is 0 Å². The summed E-state index contributed by atoms with van der Waals surface area (Å²) in [6, 6.07) is 6.09. The molecule has 0 heterocycles. The van der Waals surface area contributed by atoms with Crippen LogP contribution in [0.4, 0.5) is 5.69 Å². The van der Waals surface area contributed by atoms with Crippen LogP contribution in [0.3, 0.4) is 0 Å². The smallest absolute Gasteiger partial charge is 0.238 e. The molecule has 0 aliphatic heterocycles. The molecule has 0 aliphatic rings. The molecule has 0 saturated carbocycles. The van der Waals surface area contributed by atoms with Crippen molar-refractivity contribution >= 4 is 37.4 Å². The van der Waals surface area contributed by atoms with Gasteiger partial charge in [0, 0.05) is 11.9 Å². The van der Waals surface area contributed by atoms with E-state index in [2.05, 4.69) is 21.2 Å². The summed E-state index contributed by atoms with van der Waals surface area (Å²) in [6.45, 7) is 1.89. The second-order valence-electron chi connectivity index (χ2n) is 3.66. The Bertz CT molecular complexity index is 496. The van der Waals surface area contributed by atoms with Gasteiger partial charge < -0.3 is 5.32 Å². The Hall–Kier alpha value is -0.880. The number of carbonyl (C=O) groups excluding carboxylic acids is 1. The van der Waals surface area contributed by atoms with Crippen LogP contribution in [0.2, 0.25) is 0 Å². The second kappa shape index (κ2) is 5.64. The molecule has 94 valence electrons. The number of hydrogen-bond donors (Lipinski definition) is 1. The van der Waals surface area contributed by atoms with Gasteiger partial charge >= 0.3 is 0 Å². The van der Waals surface area contributed by atoms with E-state index in [1.165, 1.54) is 12.1 Å². The van der Waals surface area contributed by atoms with Crippen molar-refractivity contribution in [2.75, 3.05) is 11.6 Å². The summed E-state index contributed by atoms with van der Waals surface area (Å²) in [6.07, 6.45) is 1.83. The minimum absolute atomic E-state index is 0.139. The third-order valence-electron chi connectivity index (χ3n) is 2.19. The lowest BCUT2D eigenvalue weighted by Crippen LogP contribution is -2.21. The van der Waals surface area contributed by atoms with Gasteiger partial charge in [0.25, 0.3) is 0 Å². The summed E-state index contributed by atoms with van der Waals surface area (Å²) in [7, 11) is -3.19. The van der Waals surface area contributed by atoms with Crippen molar-refractivity contribution in [1.29, 1.82) is 0 Å². The van der Waals surface area contributed by atoms with Gasteiger partial charge in [-0.2, -0.15) is 0 Å². The average molecular weight is 320 g/mol. The molecule has 0 fully saturated rings. The molecular weight excluding hydrogens is 306 g/mol. The summed E-state index contributed by atoms with van der Waals surface area (Å²) >= 11 is 3.24. The third-order valence-corrected chi connectivity index (χ3v) is 4.38. The number of hydrogen-bond acceptors (Lipinski definition) is 3. The monoisotopic (exact) mass is 319 g/mol. The lowest BCUT2D eigenvalue weighted by atomic mass is 10.3. The number of amides is 1. The number of carbonyl (C=O) groups is 1. The largest absolute Gasteiger partial charge is 0.325 e. The molecular formula is C11H14BrNO3S. The van der Waals surface area contributed by atoms with E-state index in [1.54, 1.807) is 12.1 Å². The van der Waals surface area contributed by atoms with Crippen molar-refractivity contribution in [2.24, 2.45) is 0 Å². The maximum atomic E-state index is 11.5. The summed E-state index contributed by atoms with van der Waals surface area (Å²) < 4.78 is 22.5. The highest BCUT2D eigenvalue weighted by Gasteiger charge is 2.12. The fourth-order valence-electron chi connectivity index (χ4n) is 1.19. The molecule has 1 unspecified atom stereocenters. The van der Waals surface area contributed by atoms with Crippen LogP contribution in [0.25, 0.3) is 0 Å². The van der Waals surface area contributed by atoms with Gasteiger partial charge in [0.15, 0.2) is 9.84 Å². The molecule has 6 heteroatoms. The Kier molecular flexibility index (Phi) is 4.70. The number of nitrogens with one attached hydrogen (secondary N) is 1. The van der Waals surface area contributed by atoms with Crippen LogP contribution in [0.5, 0.6) is 0 Å². The second-order valence-corrected chi connectivity index (χ2v) is 6.78. The van der Waals surface area contributed by atoms with Gasteiger partial charge in [-0.05, 0) is 30.7 Å². The van der Waals surface area contributed by atoms with Gasteiger partial charge in [-0.1, -0.05) is 22.9 Å². The minimum Gasteiger partial charge on any atom is -0.325 e. The Morgan fingerprint density at radius 3 is 2.29 bits per heavy atom. The fourth-order valence-corrected chi connectivity index (χ4v) is 1.94. The van der Waals surface area contributed by atoms with Gasteiger partial charge in [-0.3, -0.25) is 4.79 Å².